The summed E-state index contributed by atoms with van der Waals surface area (Å²) in [5.41, 5.74) is 0. The molecule has 2 unspecified atom stereocenters. The maximum atomic E-state index is 2.45. The third-order valence-electron chi connectivity index (χ3n) is 3.06. The van der Waals surface area contributed by atoms with Gasteiger partial charge in [0.1, 0.15) is 0 Å². The number of rotatable bonds is 8. The zero-order valence-electron chi connectivity index (χ0n) is 10.6. The van der Waals surface area contributed by atoms with Gasteiger partial charge >= 0.3 is 0 Å². The molecule has 0 saturated heterocycles. The Morgan fingerprint density at radius 3 is 2.14 bits per heavy atom. The normalized spacial score (nSPS) is 16.0. The Hall–Kier alpha value is -0.260. The summed E-state index contributed by atoms with van der Waals surface area (Å²) in [5.74, 6) is 1.59. The van der Waals surface area contributed by atoms with E-state index in [0.29, 0.717) is 0 Å². The summed E-state index contributed by atoms with van der Waals surface area (Å²) in [6, 6.07) is 0. The van der Waals surface area contributed by atoms with E-state index < -0.39 is 0 Å². The lowest BCUT2D eigenvalue weighted by Crippen LogP contribution is -1.96. The lowest BCUT2D eigenvalue weighted by Gasteiger charge is -2.10. The summed E-state index contributed by atoms with van der Waals surface area (Å²) in [6.45, 7) is 9.13. The second-order valence-electron chi connectivity index (χ2n) is 4.43. The molecule has 84 valence electrons. The summed E-state index contributed by atoms with van der Waals surface area (Å²) >= 11 is 0. The van der Waals surface area contributed by atoms with Crippen LogP contribution in [-0.2, 0) is 0 Å². The molecule has 2 atom stereocenters. The van der Waals surface area contributed by atoms with Crippen molar-refractivity contribution in [3.63, 3.8) is 0 Å². The molecule has 0 heteroatoms. The van der Waals surface area contributed by atoms with Crippen molar-refractivity contribution in [1.82, 2.24) is 0 Å². The topological polar surface area (TPSA) is 0 Å². The number of allylic oxidation sites excluding steroid dienone is 2. The maximum Gasteiger partial charge on any atom is -0.0236 e. The molecule has 0 bridgehead atoms. The minimum Gasteiger partial charge on any atom is -0.0854 e. The first-order valence-corrected chi connectivity index (χ1v) is 6.42. The lowest BCUT2D eigenvalue weighted by atomic mass is 9.96. The fourth-order valence-electron chi connectivity index (χ4n) is 1.58. The van der Waals surface area contributed by atoms with Crippen LogP contribution < -0.4 is 0 Å². The molecule has 14 heavy (non-hydrogen) atoms. The zero-order chi connectivity index (χ0) is 10.8. The van der Waals surface area contributed by atoms with Crippen LogP contribution in [-0.4, -0.2) is 0 Å². The van der Waals surface area contributed by atoms with Crippen LogP contribution in [0.5, 0.6) is 0 Å². The summed E-state index contributed by atoms with van der Waals surface area (Å²) in [4.78, 5) is 0. The SMILES string of the molecule is CCCCCC(C=CC(C)CC)CC. The van der Waals surface area contributed by atoms with Crippen LogP contribution in [0.1, 0.15) is 66.2 Å². The maximum absolute atomic E-state index is 2.45. The van der Waals surface area contributed by atoms with Crippen molar-refractivity contribution in [2.75, 3.05) is 0 Å². The average Bonchev–Trinajstić information content (AvgIpc) is 2.22. The second-order valence-corrected chi connectivity index (χ2v) is 4.43. The average molecular weight is 196 g/mol. The van der Waals surface area contributed by atoms with Crippen molar-refractivity contribution in [3.8, 4) is 0 Å². The molecular formula is C14H28. The predicted octanol–water partition coefficient (Wildman–Crippen LogP) is 5.20. The van der Waals surface area contributed by atoms with Crippen molar-refractivity contribution >= 4 is 0 Å². The highest BCUT2D eigenvalue weighted by molar-refractivity contribution is 4.90. The van der Waals surface area contributed by atoms with E-state index in [1.165, 1.54) is 38.5 Å². The van der Waals surface area contributed by atoms with E-state index >= 15 is 0 Å². The Morgan fingerprint density at radius 1 is 0.929 bits per heavy atom. The van der Waals surface area contributed by atoms with Crippen LogP contribution in [0.2, 0.25) is 0 Å². The molecule has 0 spiro atoms. The summed E-state index contributed by atoms with van der Waals surface area (Å²) < 4.78 is 0. The molecule has 0 rings (SSSR count). The molecule has 0 N–H and O–H groups in total. The Morgan fingerprint density at radius 2 is 1.64 bits per heavy atom. The molecular weight excluding hydrogens is 168 g/mol. The van der Waals surface area contributed by atoms with Crippen molar-refractivity contribution in [3.05, 3.63) is 12.2 Å². The number of hydrogen-bond donors (Lipinski definition) is 0. The minimum atomic E-state index is 0.759. The van der Waals surface area contributed by atoms with Crippen LogP contribution in [0.4, 0.5) is 0 Å². The van der Waals surface area contributed by atoms with Crippen LogP contribution in [0.25, 0.3) is 0 Å². The standard InChI is InChI=1S/C14H28/c1-5-8-9-10-14(7-3)12-11-13(4)6-2/h11-14H,5-10H2,1-4H3. The van der Waals surface area contributed by atoms with Crippen LogP contribution in [0, 0.1) is 11.8 Å². The van der Waals surface area contributed by atoms with E-state index in [1.807, 2.05) is 0 Å². The van der Waals surface area contributed by atoms with E-state index in [0.717, 1.165) is 11.8 Å². The predicted molar refractivity (Wildman–Crippen MR) is 66.5 cm³/mol. The van der Waals surface area contributed by atoms with E-state index in [1.54, 1.807) is 0 Å². The minimum absolute atomic E-state index is 0.759. The monoisotopic (exact) mass is 196 g/mol. The van der Waals surface area contributed by atoms with Crippen molar-refractivity contribution in [2.45, 2.75) is 66.2 Å². The fraction of sp³-hybridized carbons (Fsp3) is 0.857. The summed E-state index contributed by atoms with van der Waals surface area (Å²) in [7, 11) is 0. The van der Waals surface area contributed by atoms with Crippen LogP contribution >= 0.6 is 0 Å². The Labute approximate surface area is 90.8 Å². The Balaban J connectivity index is 3.71. The first-order valence-electron chi connectivity index (χ1n) is 6.42. The van der Waals surface area contributed by atoms with Gasteiger partial charge in [-0.3, -0.25) is 0 Å². The van der Waals surface area contributed by atoms with Gasteiger partial charge in [-0.05, 0) is 24.7 Å². The molecule has 0 heterocycles. The van der Waals surface area contributed by atoms with Gasteiger partial charge in [-0.15, -0.1) is 0 Å². The molecule has 0 aliphatic heterocycles. The fourth-order valence-corrected chi connectivity index (χ4v) is 1.58. The van der Waals surface area contributed by atoms with Crippen molar-refractivity contribution in [1.29, 1.82) is 0 Å². The summed E-state index contributed by atoms with van der Waals surface area (Å²) in [5, 5.41) is 0. The van der Waals surface area contributed by atoms with Gasteiger partial charge in [-0.1, -0.05) is 65.5 Å². The Bertz CT molecular complexity index is 135. The molecule has 0 nitrogen and oxygen atoms in total. The molecule has 0 radical (unpaired) electrons. The molecule has 0 aliphatic carbocycles. The van der Waals surface area contributed by atoms with Gasteiger partial charge < -0.3 is 0 Å². The first-order chi connectivity index (χ1) is 6.74. The zero-order valence-corrected chi connectivity index (χ0v) is 10.6. The van der Waals surface area contributed by atoms with Crippen LogP contribution in [0.3, 0.4) is 0 Å². The largest absolute Gasteiger partial charge is 0.0854 e. The highest BCUT2D eigenvalue weighted by Gasteiger charge is 2.01. The summed E-state index contributed by atoms with van der Waals surface area (Å²) in [6.07, 6.45) is 12.9. The molecule has 0 aromatic heterocycles. The third kappa shape index (κ3) is 7.17. The highest BCUT2D eigenvalue weighted by Crippen LogP contribution is 2.16. The molecule has 0 saturated carbocycles. The van der Waals surface area contributed by atoms with Gasteiger partial charge in [-0.25, -0.2) is 0 Å². The van der Waals surface area contributed by atoms with Crippen LogP contribution in [0.15, 0.2) is 12.2 Å². The van der Waals surface area contributed by atoms with Gasteiger partial charge in [0.05, 0.1) is 0 Å². The van der Waals surface area contributed by atoms with E-state index in [-0.39, 0.29) is 0 Å². The van der Waals surface area contributed by atoms with E-state index in [9.17, 15) is 0 Å². The van der Waals surface area contributed by atoms with E-state index in [2.05, 4.69) is 39.8 Å². The second kappa shape index (κ2) is 9.30. The molecule has 0 amide bonds. The van der Waals surface area contributed by atoms with Gasteiger partial charge in [0.25, 0.3) is 0 Å². The third-order valence-corrected chi connectivity index (χ3v) is 3.06. The van der Waals surface area contributed by atoms with E-state index in [4.69, 9.17) is 0 Å². The Kier molecular flexibility index (Phi) is 9.13. The van der Waals surface area contributed by atoms with Crippen molar-refractivity contribution < 1.29 is 0 Å². The first kappa shape index (κ1) is 13.7. The highest BCUT2D eigenvalue weighted by atomic mass is 14.1. The molecule has 0 aromatic rings. The molecule has 0 fully saturated rings. The van der Waals surface area contributed by atoms with Crippen molar-refractivity contribution in [2.24, 2.45) is 11.8 Å². The smallest absolute Gasteiger partial charge is 0.0236 e. The lowest BCUT2D eigenvalue weighted by molar-refractivity contribution is 0.522. The quantitative estimate of drug-likeness (QED) is 0.370. The molecule has 0 aliphatic rings. The number of unbranched alkanes of at least 4 members (excludes halogenated alkanes) is 2. The van der Waals surface area contributed by atoms with Gasteiger partial charge in [-0.2, -0.15) is 0 Å². The van der Waals surface area contributed by atoms with Gasteiger partial charge in [0.2, 0.25) is 0 Å². The van der Waals surface area contributed by atoms with Gasteiger partial charge in [0.15, 0.2) is 0 Å². The molecule has 0 aromatic carbocycles. The number of hydrogen-bond acceptors (Lipinski definition) is 0. The van der Waals surface area contributed by atoms with Gasteiger partial charge in [0, 0.05) is 0 Å².